The fraction of sp³-hybridized carbons (Fsp3) is 0.600. The average Bonchev–Trinajstić information content (AvgIpc) is 3.21. The number of amides is 1. The Morgan fingerprint density at radius 2 is 1.89 bits per heavy atom. The van der Waals surface area contributed by atoms with Crippen molar-refractivity contribution < 1.29 is 14.3 Å². The molecule has 0 bridgehead atoms. The molecule has 2 fully saturated rings. The Balaban J connectivity index is 1.41. The number of likely N-dealkylation sites (tertiary alicyclic amines) is 1. The number of hydrogen-bond donors (Lipinski definition) is 0. The van der Waals surface area contributed by atoms with Gasteiger partial charge in [-0.25, -0.2) is 0 Å². The zero-order chi connectivity index (χ0) is 19.5. The van der Waals surface area contributed by atoms with E-state index in [0.717, 1.165) is 31.0 Å². The number of carbonyl (C=O) groups is 1. The number of benzene rings is 1. The van der Waals surface area contributed by atoms with Gasteiger partial charge in [0.2, 0.25) is 11.7 Å². The first-order valence-electron chi connectivity index (χ1n) is 9.96. The molecule has 2 atom stereocenters. The highest BCUT2D eigenvalue weighted by Crippen LogP contribution is 2.36. The Hall–Kier alpha value is -2.64. The lowest BCUT2D eigenvalue weighted by molar-refractivity contribution is -0.135. The maximum absolute atomic E-state index is 12.7. The van der Waals surface area contributed by atoms with Gasteiger partial charge in [0.25, 0.3) is 0 Å². The summed E-state index contributed by atoms with van der Waals surface area (Å²) in [6, 6.07) is 5.45. The summed E-state index contributed by atoms with van der Waals surface area (Å²) in [7, 11) is 3.17. The molecule has 1 amide bonds. The summed E-state index contributed by atoms with van der Waals surface area (Å²) < 4.78 is 10.6. The lowest BCUT2D eigenvalue weighted by Crippen LogP contribution is -2.46. The SMILES string of the molecule is COc1ccc(-c2nnn(CC(=O)N3CC[C@H]4CCCC[C@@H]4C3)n2)cc1OC. The summed E-state index contributed by atoms with van der Waals surface area (Å²) in [5.74, 6) is 3.24. The minimum Gasteiger partial charge on any atom is -0.493 e. The topological polar surface area (TPSA) is 82.4 Å². The van der Waals surface area contributed by atoms with E-state index < -0.39 is 0 Å². The number of methoxy groups -OCH3 is 2. The number of hydrogen-bond acceptors (Lipinski definition) is 6. The first-order valence-corrected chi connectivity index (χ1v) is 9.96. The van der Waals surface area contributed by atoms with Crippen molar-refractivity contribution in [3.63, 3.8) is 0 Å². The van der Waals surface area contributed by atoms with Crippen LogP contribution in [-0.4, -0.2) is 58.3 Å². The number of tetrazole rings is 1. The minimum absolute atomic E-state index is 0.0697. The van der Waals surface area contributed by atoms with Crippen molar-refractivity contribution in [3.8, 4) is 22.9 Å². The van der Waals surface area contributed by atoms with Gasteiger partial charge < -0.3 is 14.4 Å². The number of aromatic nitrogens is 4. The Kier molecular flexibility index (Phi) is 5.45. The van der Waals surface area contributed by atoms with E-state index in [-0.39, 0.29) is 12.5 Å². The van der Waals surface area contributed by atoms with Crippen LogP contribution in [-0.2, 0) is 11.3 Å². The molecule has 28 heavy (non-hydrogen) atoms. The molecule has 0 N–H and O–H groups in total. The van der Waals surface area contributed by atoms with Crippen LogP contribution < -0.4 is 9.47 Å². The smallest absolute Gasteiger partial charge is 0.246 e. The molecule has 0 unspecified atom stereocenters. The number of piperidine rings is 1. The van der Waals surface area contributed by atoms with Crippen LogP contribution in [0.2, 0.25) is 0 Å². The van der Waals surface area contributed by atoms with Gasteiger partial charge in [0.05, 0.1) is 14.2 Å². The van der Waals surface area contributed by atoms with Gasteiger partial charge in [0, 0.05) is 18.7 Å². The van der Waals surface area contributed by atoms with E-state index in [1.165, 1.54) is 30.5 Å². The van der Waals surface area contributed by atoms with Gasteiger partial charge in [-0.2, -0.15) is 4.80 Å². The van der Waals surface area contributed by atoms with Gasteiger partial charge in [-0.3, -0.25) is 4.79 Å². The third-order valence-electron chi connectivity index (χ3n) is 6.02. The van der Waals surface area contributed by atoms with Crippen LogP contribution >= 0.6 is 0 Å². The summed E-state index contributed by atoms with van der Waals surface area (Å²) in [4.78, 5) is 16.1. The molecule has 8 nitrogen and oxygen atoms in total. The maximum atomic E-state index is 12.7. The van der Waals surface area contributed by atoms with Crippen LogP contribution in [0.4, 0.5) is 0 Å². The van der Waals surface area contributed by atoms with Crippen LogP contribution in [0.1, 0.15) is 32.1 Å². The van der Waals surface area contributed by atoms with E-state index in [9.17, 15) is 4.79 Å². The molecule has 2 heterocycles. The van der Waals surface area contributed by atoms with Crippen LogP contribution in [0.15, 0.2) is 18.2 Å². The van der Waals surface area contributed by atoms with Gasteiger partial charge in [-0.15, -0.1) is 10.2 Å². The fourth-order valence-corrected chi connectivity index (χ4v) is 4.45. The zero-order valence-electron chi connectivity index (χ0n) is 16.5. The van der Waals surface area contributed by atoms with Crippen molar-refractivity contribution in [3.05, 3.63) is 18.2 Å². The largest absolute Gasteiger partial charge is 0.493 e. The Bertz CT molecular complexity index is 837. The summed E-state index contributed by atoms with van der Waals surface area (Å²) in [5.41, 5.74) is 0.763. The monoisotopic (exact) mass is 385 g/mol. The van der Waals surface area contributed by atoms with Gasteiger partial charge in [0.15, 0.2) is 11.5 Å². The predicted octanol–water partition coefficient (Wildman–Crippen LogP) is 2.40. The van der Waals surface area contributed by atoms with Gasteiger partial charge >= 0.3 is 0 Å². The van der Waals surface area contributed by atoms with E-state index in [4.69, 9.17) is 9.47 Å². The molecule has 1 aromatic heterocycles. The van der Waals surface area contributed by atoms with E-state index in [1.807, 2.05) is 11.0 Å². The van der Waals surface area contributed by atoms with Crippen molar-refractivity contribution in [2.24, 2.45) is 11.8 Å². The second-order valence-corrected chi connectivity index (χ2v) is 7.65. The molecule has 0 spiro atoms. The molecule has 2 aromatic rings. The molecular weight excluding hydrogens is 358 g/mol. The Morgan fingerprint density at radius 3 is 2.68 bits per heavy atom. The predicted molar refractivity (Wildman–Crippen MR) is 103 cm³/mol. The zero-order valence-corrected chi connectivity index (χ0v) is 16.5. The average molecular weight is 385 g/mol. The highest BCUT2D eigenvalue weighted by Gasteiger charge is 2.33. The third-order valence-corrected chi connectivity index (χ3v) is 6.02. The lowest BCUT2D eigenvalue weighted by atomic mass is 9.75. The van der Waals surface area contributed by atoms with Crippen molar-refractivity contribution in [1.82, 2.24) is 25.1 Å². The molecule has 1 saturated carbocycles. The second kappa shape index (κ2) is 8.16. The van der Waals surface area contributed by atoms with Crippen molar-refractivity contribution in [2.45, 2.75) is 38.6 Å². The molecule has 0 radical (unpaired) electrons. The highest BCUT2D eigenvalue weighted by atomic mass is 16.5. The molecule has 1 aliphatic heterocycles. The molecule has 8 heteroatoms. The van der Waals surface area contributed by atoms with Crippen molar-refractivity contribution in [1.29, 1.82) is 0 Å². The minimum atomic E-state index is 0.0697. The molecular formula is C20H27N5O3. The van der Waals surface area contributed by atoms with Crippen molar-refractivity contribution in [2.75, 3.05) is 27.3 Å². The Morgan fingerprint density at radius 1 is 1.11 bits per heavy atom. The quantitative estimate of drug-likeness (QED) is 0.786. The van der Waals surface area contributed by atoms with Crippen LogP contribution in [0, 0.1) is 11.8 Å². The molecule has 1 aromatic carbocycles. The van der Waals surface area contributed by atoms with Crippen LogP contribution in [0.3, 0.4) is 0 Å². The number of fused-ring (bicyclic) bond motifs is 1. The van der Waals surface area contributed by atoms with E-state index in [1.54, 1.807) is 26.4 Å². The Labute approximate surface area is 164 Å². The lowest BCUT2D eigenvalue weighted by Gasteiger charge is -2.41. The van der Waals surface area contributed by atoms with Crippen LogP contribution in [0.25, 0.3) is 11.4 Å². The normalized spacial score (nSPS) is 21.9. The van der Waals surface area contributed by atoms with E-state index in [2.05, 4.69) is 15.4 Å². The van der Waals surface area contributed by atoms with E-state index >= 15 is 0 Å². The number of nitrogens with zero attached hydrogens (tertiary/aromatic N) is 5. The highest BCUT2D eigenvalue weighted by molar-refractivity contribution is 5.76. The van der Waals surface area contributed by atoms with Crippen LogP contribution in [0.5, 0.6) is 11.5 Å². The first kappa shape index (κ1) is 18.7. The summed E-state index contributed by atoms with van der Waals surface area (Å²) in [6.45, 7) is 1.84. The third kappa shape index (κ3) is 3.81. The van der Waals surface area contributed by atoms with Crippen molar-refractivity contribution >= 4 is 5.91 Å². The second-order valence-electron chi connectivity index (χ2n) is 7.65. The summed E-state index contributed by atoms with van der Waals surface area (Å²) in [5, 5.41) is 12.5. The number of rotatable bonds is 5. The van der Waals surface area contributed by atoms with E-state index in [0.29, 0.717) is 23.2 Å². The summed E-state index contributed by atoms with van der Waals surface area (Å²) in [6.07, 6.45) is 6.34. The molecule has 150 valence electrons. The molecule has 4 rings (SSSR count). The first-order chi connectivity index (χ1) is 13.7. The number of carbonyl (C=O) groups excluding carboxylic acids is 1. The molecule has 1 saturated heterocycles. The maximum Gasteiger partial charge on any atom is 0.246 e. The van der Waals surface area contributed by atoms with Gasteiger partial charge in [0.1, 0.15) is 6.54 Å². The summed E-state index contributed by atoms with van der Waals surface area (Å²) >= 11 is 0. The molecule has 2 aliphatic rings. The van der Waals surface area contributed by atoms with Gasteiger partial charge in [-0.1, -0.05) is 19.3 Å². The standard InChI is InChI=1S/C20H27N5O3/c1-27-17-8-7-15(11-18(17)28-2)20-21-23-25(22-20)13-19(26)24-10-9-14-5-3-4-6-16(14)12-24/h7-8,11,14,16H,3-6,9-10,12-13H2,1-2H3/t14-,16-/m1/s1. The van der Waals surface area contributed by atoms with Gasteiger partial charge in [-0.05, 0) is 48.1 Å². The fourth-order valence-electron chi connectivity index (χ4n) is 4.45. The molecule has 1 aliphatic carbocycles. The number of ether oxygens (including phenoxy) is 2.